The van der Waals surface area contributed by atoms with Gasteiger partial charge in [0.1, 0.15) is 0 Å². The molecule has 2 N–H and O–H groups in total. The Hall–Kier alpha value is -2.45. The molecular formula is C20H24ClN3O4S. The molecule has 7 nitrogen and oxygen atoms in total. The second kappa shape index (κ2) is 8.51. The summed E-state index contributed by atoms with van der Waals surface area (Å²) in [6, 6.07) is 10.6. The van der Waals surface area contributed by atoms with Crippen molar-refractivity contribution in [3.8, 4) is 0 Å². The van der Waals surface area contributed by atoms with E-state index in [-0.39, 0.29) is 17.0 Å². The molecule has 0 radical (unpaired) electrons. The molecule has 0 amide bonds. The van der Waals surface area contributed by atoms with Gasteiger partial charge in [-0.05, 0) is 49.7 Å². The Balaban J connectivity index is 1.77. The van der Waals surface area contributed by atoms with Gasteiger partial charge in [-0.15, -0.1) is 0 Å². The Kier molecular flexibility index (Phi) is 6.24. The number of nitrogens with one attached hydrogen (secondary N) is 1. The van der Waals surface area contributed by atoms with E-state index >= 15 is 0 Å². The number of sulfonamides is 1. The van der Waals surface area contributed by atoms with Crippen LogP contribution in [0.25, 0.3) is 0 Å². The number of hydrogen-bond acceptors (Lipinski definition) is 5. The maximum absolute atomic E-state index is 11.8. The first-order valence-corrected chi connectivity index (χ1v) is 11.4. The first-order valence-electron chi connectivity index (χ1n) is 9.34. The minimum Gasteiger partial charge on any atom is -0.478 e. The lowest BCUT2D eigenvalue weighted by Gasteiger charge is -2.38. The van der Waals surface area contributed by atoms with Crippen LogP contribution < -0.4 is 14.5 Å². The van der Waals surface area contributed by atoms with E-state index in [1.54, 1.807) is 6.07 Å². The van der Waals surface area contributed by atoms with Crippen LogP contribution in [-0.2, 0) is 10.0 Å². The molecule has 0 spiro atoms. The van der Waals surface area contributed by atoms with Gasteiger partial charge in [0.05, 0.1) is 17.0 Å². The highest BCUT2D eigenvalue weighted by Gasteiger charge is 2.22. The van der Waals surface area contributed by atoms with E-state index in [1.807, 2.05) is 25.1 Å². The zero-order valence-electron chi connectivity index (χ0n) is 16.4. The average Bonchev–Trinajstić information content (AvgIpc) is 2.70. The number of rotatable bonds is 6. The summed E-state index contributed by atoms with van der Waals surface area (Å²) in [6.45, 7) is 6.52. The van der Waals surface area contributed by atoms with Gasteiger partial charge in [0.25, 0.3) is 0 Å². The third-order valence-corrected chi connectivity index (χ3v) is 6.56. The standard InChI is InChI=1S/C20H24ClN3O4S/c1-3-29(27,28)22-18-7-6-16(13-17(18)20(25)26)23-8-10-24(11-9-23)19-12-15(21)5-4-14(19)2/h4-7,12-13,22H,3,8-11H2,1-2H3,(H,25,26). The van der Waals surface area contributed by atoms with Crippen molar-refractivity contribution >= 4 is 44.7 Å². The summed E-state index contributed by atoms with van der Waals surface area (Å²) < 4.78 is 26.0. The molecule has 0 aromatic heterocycles. The number of halogens is 1. The van der Waals surface area contributed by atoms with Crippen LogP contribution in [0.4, 0.5) is 17.1 Å². The fourth-order valence-electron chi connectivity index (χ4n) is 3.36. The Morgan fingerprint density at radius 3 is 2.38 bits per heavy atom. The van der Waals surface area contributed by atoms with Crippen molar-refractivity contribution in [2.75, 3.05) is 46.5 Å². The molecule has 0 unspecified atom stereocenters. The molecule has 0 atom stereocenters. The van der Waals surface area contributed by atoms with Crippen molar-refractivity contribution in [3.05, 3.63) is 52.5 Å². The topological polar surface area (TPSA) is 90.0 Å². The molecule has 1 fully saturated rings. The van der Waals surface area contributed by atoms with Crippen LogP contribution in [0, 0.1) is 6.92 Å². The van der Waals surface area contributed by atoms with Crippen LogP contribution in [0.2, 0.25) is 5.02 Å². The third-order valence-electron chi connectivity index (χ3n) is 5.04. The fraction of sp³-hybridized carbons (Fsp3) is 0.350. The van der Waals surface area contributed by atoms with E-state index in [1.165, 1.54) is 19.1 Å². The van der Waals surface area contributed by atoms with Gasteiger partial charge in [-0.25, -0.2) is 13.2 Å². The normalized spacial score (nSPS) is 14.7. The number of hydrogen-bond donors (Lipinski definition) is 2. The lowest BCUT2D eigenvalue weighted by molar-refractivity contribution is 0.0698. The second-order valence-corrected chi connectivity index (χ2v) is 9.39. The van der Waals surface area contributed by atoms with E-state index in [0.717, 1.165) is 30.0 Å². The first kappa shape index (κ1) is 21.3. The monoisotopic (exact) mass is 437 g/mol. The van der Waals surface area contributed by atoms with Crippen molar-refractivity contribution in [2.24, 2.45) is 0 Å². The summed E-state index contributed by atoms with van der Waals surface area (Å²) in [5, 5.41) is 10.2. The van der Waals surface area contributed by atoms with Gasteiger partial charge in [-0.2, -0.15) is 0 Å². The highest BCUT2D eigenvalue weighted by molar-refractivity contribution is 7.92. The lowest BCUT2D eigenvalue weighted by atomic mass is 10.1. The number of piperazine rings is 1. The average molecular weight is 438 g/mol. The minimum atomic E-state index is -3.56. The van der Waals surface area contributed by atoms with E-state index in [0.29, 0.717) is 18.1 Å². The smallest absolute Gasteiger partial charge is 0.337 e. The Labute approximate surface area is 175 Å². The van der Waals surface area contributed by atoms with Crippen LogP contribution in [0.1, 0.15) is 22.8 Å². The summed E-state index contributed by atoms with van der Waals surface area (Å²) in [5.41, 5.74) is 3.03. The molecule has 1 saturated heterocycles. The largest absolute Gasteiger partial charge is 0.478 e. The van der Waals surface area contributed by atoms with Gasteiger partial charge in [-0.1, -0.05) is 17.7 Å². The fourth-order valence-corrected chi connectivity index (χ4v) is 4.19. The summed E-state index contributed by atoms with van der Waals surface area (Å²) in [5.74, 6) is -1.30. The maximum atomic E-state index is 11.8. The van der Waals surface area contributed by atoms with Gasteiger partial charge in [-0.3, -0.25) is 4.72 Å². The Morgan fingerprint density at radius 2 is 1.76 bits per heavy atom. The third kappa shape index (κ3) is 4.94. The number of carboxylic acids is 1. The molecular weight excluding hydrogens is 414 g/mol. The predicted molar refractivity (Wildman–Crippen MR) is 117 cm³/mol. The number of aromatic carboxylic acids is 1. The van der Waals surface area contributed by atoms with Gasteiger partial charge >= 0.3 is 5.97 Å². The molecule has 1 aliphatic rings. The molecule has 2 aromatic carbocycles. The van der Waals surface area contributed by atoms with Crippen molar-refractivity contribution in [2.45, 2.75) is 13.8 Å². The van der Waals surface area contributed by atoms with Gasteiger partial charge in [0.15, 0.2) is 0 Å². The number of anilines is 3. The number of carbonyl (C=O) groups is 1. The summed E-state index contributed by atoms with van der Waals surface area (Å²) in [7, 11) is -3.56. The van der Waals surface area contributed by atoms with Crippen LogP contribution >= 0.6 is 11.6 Å². The quantitative estimate of drug-likeness (QED) is 0.719. The van der Waals surface area contributed by atoms with Crippen LogP contribution in [0.3, 0.4) is 0 Å². The van der Waals surface area contributed by atoms with Gasteiger partial charge in [0, 0.05) is 42.6 Å². The highest BCUT2D eigenvalue weighted by atomic mass is 35.5. The maximum Gasteiger partial charge on any atom is 0.337 e. The number of benzene rings is 2. The van der Waals surface area contributed by atoms with E-state index in [9.17, 15) is 18.3 Å². The number of carboxylic acid groups (broad SMARTS) is 1. The molecule has 3 rings (SSSR count). The predicted octanol–water partition coefficient (Wildman–Crippen LogP) is 3.43. The molecule has 1 heterocycles. The molecule has 2 aromatic rings. The SMILES string of the molecule is CCS(=O)(=O)Nc1ccc(N2CCN(c3cc(Cl)ccc3C)CC2)cc1C(=O)O. The number of aryl methyl sites for hydroxylation is 1. The number of nitrogens with zero attached hydrogens (tertiary/aromatic N) is 2. The molecule has 29 heavy (non-hydrogen) atoms. The Bertz CT molecular complexity index is 1020. The molecule has 1 aliphatic heterocycles. The molecule has 0 aliphatic carbocycles. The lowest BCUT2D eigenvalue weighted by Crippen LogP contribution is -2.46. The minimum absolute atomic E-state index is 0.0624. The van der Waals surface area contributed by atoms with Crippen molar-refractivity contribution in [3.63, 3.8) is 0 Å². The van der Waals surface area contributed by atoms with Crippen molar-refractivity contribution in [1.29, 1.82) is 0 Å². The molecule has 9 heteroatoms. The molecule has 0 bridgehead atoms. The zero-order valence-corrected chi connectivity index (χ0v) is 17.9. The molecule has 0 saturated carbocycles. The molecule has 156 valence electrons. The van der Waals surface area contributed by atoms with Crippen molar-refractivity contribution < 1.29 is 18.3 Å². The van der Waals surface area contributed by atoms with Gasteiger partial charge < -0.3 is 14.9 Å². The van der Waals surface area contributed by atoms with Crippen LogP contribution in [-0.4, -0.2) is 51.4 Å². The summed E-state index contributed by atoms with van der Waals surface area (Å²) >= 11 is 6.14. The second-order valence-electron chi connectivity index (χ2n) is 6.95. The summed E-state index contributed by atoms with van der Waals surface area (Å²) in [6.07, 6.45) is 0. The zero-order chi connectivity index (χ0) is 21.2. The highest BCUT2D eigenvalue weighted by Crippen LogP contribution is 2.28. The van der Waals surface area contributed by atoms with Gasteiger partial charge in [0.2, 0.25) is 10.0 Å². The Morgan fingerprint density at radius 1 is 1.10 bits per heavy atom. The van der Waals surface area contributed by atoms with E-state index in [4.69, 9.17) is 11.6 Å². The van der Waals surface area contributed by atoms with E-state index < -0.39 is 16.0 Å². The summed E-state index contributed by atoms with van der Waals surface area (Å²) in [4.78, 5) is 16.0. The van der Waals surface area contributed by atoms with Crippen LogP contribution in [0.5, 0.6) is 0 Å². The van der Waals surface area contributed by atoms with Crippen LogP contribution in [0.15, 0.2) is 36.4 Å². The first-order chi connectivity index (χ1) is 13.7. The van der Waals surface area contributed by atoms with E-state index in [2.05, 4.69) is 14.5 Å². The van der Waals surface area contributed by atoms with Crippen molar-refractivity contribution in [1.82, 2.24) is 0 Å².